The van der Waals surface area contributed by atoms with Crippen LogP contribution in [0.2, 0.25) is 5.02 Å². The third-order valence-corrected chi connectivity index (χ3v) is 7.05. The molecule has 5 nitrogen and oxygen atoms in total. The van der Waals surface area contributed by atoms with Gasteiger partial charge in [0.25, 0.3) is 0 Å². The predicted octanol–water partition coefficient (Wildman–Crippen LogP) is 5.34. The molecule has 1 saturated heterocycles. The maximum absolute atomic E-state index is 13.4. The van der Waals surface area contributed by atoms with Crippen LogP contribution in [-0.4, -0.2) is 39.0 Å². The van der Waals surface area contributed by atoms with E-state index in [1.165, 1.54) is 12.8 Å². The summed E-state index contributed by atoms with van der Waals surface area (Å²) in [4.78, 5) is 29.9. The summed E-state index contributed by atoms with van der Waals surface area (Å²) in [5.74, 6) is 0.0905. The van der Waals surface area contributed by atoms with Gasteiger partial charge in [0.15, 0.2) is 0 Å². The van der Waals surface area contributed by atoms with Crippen LogP contribution in [0.1, 0.15) is 69.8 Å². The molecule has 4 rings (SSSR count). The first-order chi connectivity index (χ1) is 13.9. The first kappa shape index (κ1) is 20.3. The minimum atomic E-state index is -0.780. The number of H-pyrrole nitrogens is 1. The number of aliphatic carboxylic acids is 1. The van der Waals surface area contributed by atoms with Crippen LogP contribution in [0.3, 0.4) is 0 Å². The second-order valence-electron chi connectivity index (χ2n) is 8.85. The van der Waals surface area contributed by atoms with Gasteiger partial charge in [-0.25, -0.2) is 0 Å². The molecule has 1 aromatic carbocycles. The summed E-state index contributed by atoms with van der Waals surface area (Å²) in [7, 11) is 0. The number of carboxylic acids is 1. The van der Waals surface area contributed by atoms with Crippen molar-refractivity contribution in [1.82, 2.24) is 9.88 Å². The summed E-state index contributed by atoms with van der Waals surface area (Å²) in [6.07, 6.45) is 8.56. The largest absolute Gasteiger partial charge is 0.481 e. The molecule has 29 heavy (non-hydrogen) atoms. The lowest BCUT2D eigenvalue weighted by Gasteiger charge is -2.48. The van der Waals surface area contributed by atoms with E-state index in [0.717, 1.165) is 35.7 Å². The van der Waals surface area contributed by atoms with Crippen LogP contribution in [0.4, 0.5) is 0 Å². The molecule has 6 heteroatoms. The predicted molar refractivity (Wildman–Crippen MR) is 114 cm³/mol. The molecule has 1 amide bonds. The molecule has 1 aromatic heterocycles. The minimum Gasteiger partial charge on any atom is -0.481 e. The van der Waals surface area contributed by atoms with Crippen LogP contribution in [0.5, 0.6) is 0 Å². The average Bonchev–Trinajstić information content (AvgIpc) is 3.09. The molecule has 2 bridgehead atoms. The van der Waals surface area contributed by atoms with Crippen molar-refractivity contribution in [2.45, 2.75) is 76.3 Å². The Bertz CT molecular complexity index is 909. The van der Waals surface area contributed by atoms with Gasteiger partial charge in [0.1, 0.15) is 0 Å². The Balaban J connectivity index is 1.52. The van der Waals surface area contributed by atoms with E-state index in [-0.39, 0.29) is 30.3 Å². The number of rotatable bonds is 6. The fourth-order valence-electron chi connectivity index (χ4n) is 5.48. The molecule has 4 atom stereocenters. The molecular formula is C23H29ClN2O3. The highest BCUT2D eigenvalue weighted by molar-refractivity contribution is 6.31. The SMILES string of the molecule is CC(CC(=O)N1C2CCCC(C2)CC1CCC(=O)O)c1c[nH]c2ccc(Cl)cc12. The topological polar surface area (TPSA) is 73.4 Å². The number of carbonyl (C=O) groups excluding carboxylic acids is 1. The molecule has 0 spiro atoms. The van der Waals surface area contributed by atoms with Gasteiger partial charge in [-0.1, -0.05) is 31.4 Å². The van der Waals surface area contributed by atoms with Crippen molar-refractivity contribution >= 4 is 34.4 Å². The Kier molecular flexibility index (Phi) is 5.86. The standard InChI is InChI=1S/C23H29ClN2O3/c1-14(20-13-25-21-7-5-16(24)12-19(20)21)9-22(27)26-17-4-2-3-15(10-17)11-18(26)6-8-23(28)29/h5,7,12-15,17-18,25H,2-4,6,8-11H2,1H3,(H,28,29). The third kappa shape index (κ3) is 4.30. The Hall–Kier alpha value is -2.01. The maximum atomic E-state index is 13.4. The number of fused-ring (bicyclic) bond motifs is 3. The van der Waals surface area contributed by atoms with E-state index in [2.05, 4.69) is 16.8 Å². The number of halogens is 1. The summed E-state index contributed by atoms with van der Waals surface area (Å²) in [6.45, 7) is 2.08. The molecule has 4 unspecified atom stereocenters. The van der Waals surface area contributed by atoms with Crippen LogP contribution < -0.4 is 0 Å². The number of carbonyl (C=O) groups is 2. The fraction of sp³-hybridized carbons (Fsp3) is 0.565. The number of hydrogen-bond donors (Lipinski definition) is 2. The van der Waals surface area contributed by atoms with Gasteiger partial charge in [-0.2, -0.15) is 0 Å². The lowest BCUT2D eigenvalue weighted by Crippen LogP contribution is -2.54. The Morgan fingerprint density at radius 3 is 2.93 bits per heavy atom. The Labute approximate surface area is 176 Å². The van der Waals surface area contributed by atoms with E-state index in [9.17, 15) is 9.59 Å². The maximum Gasteiger partial charge on any atom is 0.303 e. The second kappa shape index (κ2) is 8.39. The minimum absolute atomic E-state index is 0.0623. The van der Waals surface area contributed by atoms with Gasteiger partial charge in [-0.15, -0.1) is 0 Å². The smallest absolute Gasteiger partial charge is 0.303 e. The summed E-state index contributed by atoms with van der Waals surface area (Å²) >= 11 is 6.18. The number of piperidine rings is 1. The normalized spacial score (nSPS) is 25.2. The number of carboxylic acid groups (broad SMARTS) is 1. The van der Waals surface area contributed by atoms with E-state index in [1.807, 2.05) is 24.4 Å². The number of hydrogen-bond acceptors (Lipinski definition) is 2. The van der Waals surface area contributed by atoms with E-state index < -0.39 is 5.97 Å². The molecule has 2 aromatic rings. The highest BCUT2D eigenvalue weighted by Gasteiger charge is 2.40. The van der Waals surface area contributed by atoms with Crippen molar-refractivity contribution in [3.05, 3.63) is 35.0 Å². The van der Waals surface area contributed by atoms with Gasteiger partial charge < -0.3 is 15.0 Å². The molecule has 1 saturated carbocycles. The van der Waals surface area contributed by atoms with Gasteiger partial charge in [0, 0.05) is 47.0 Å². The molecule has 2 N–H and O–H groups in total. The van der Waals surface area contributed by atoms with Gasteiger partial charge in [-0.3, -0.25) is 9.59 Å². The molecule has 2 heterocycles. The molecule has 0 radical (unpaired) electrons. The van der Waals surface area contributed by atoms with Crippen LogP contribution >= 0.6 is 11.6 Å². The monoisotopic (exact) mass is 416 g/mol. The first-order valence-corrected chi connectivity index (χ1v) is 11.1. The van der Waals surface area contributed by atoms with Crippen LogP contribution in [-0.2, 0) is 9.59 Å². The molecule has 1 aliphatic heterocycles. The van der Waals surface area contributed by atoms with Gasteiger partial charge in [0.05, 0.1) is 0 Å². The fourth-order valence-corrected chi connectivity index (χ4v) is 5.65. The van der Waals surface area contributed by atoms with Gasteiger partial charge in [0.2, 0.25) is 5.91 Å². The number of benzene rings is 1. The number of nitrogens with zero attached hydrogens (tertiary/aromatic N) is 1. The quantitative estimate of drug-likeness (QED) is 0.667. The molecule has 2 fully saturated rings. The first-order valence-electron chi connectivity index (χ1n) is 10.7. The van der Waals surface area contributed by atoms with Gasteiger partial charge in [-0.05, 0) is 61.3 Å². The number of nitrogens with one attached hydrogen (secondary N) is 1. The molecular weight excluding hydrogens is 388 g/mol. The highest BCUT2D eigenvalue weighted by atomic mass is 35.5. The summed E-state index contributed by atoms with van der Waals surface area (Å²) in [5.41, 5.74) is 2.13. The van der Waals surface area contributed by atoms with Crippen LogP contribution in [0.25, 0.3) is 10.9 Å². The summed E-state index contributed by atoms with van der Waals surface area (Å²) < 4.78 is 0. The van der Waals surface area contributed by atoms with E-state index in [4.69, 9.17) is 16.7 Å². The zero-order chi connectivity index (χ0) is 20.5. The highest BCUT2D eigenvalue weighted by Crippen LogP contribution is 2.40. The number of likely N-dealkylation sites (tertiary alicyclic amines) is 1. The van der Waals surface area contributed by atoms with Crippen LogP contribution in [0, 0.1) is 5.92 Å². The van der Waals surface area contributed by atoms with Crippen molar-refractivity contribution in [3.63, 3.8) is 0 Å². The number of amides is 1. The average molecular weight is 417 g/mol. The Morgan fingerprint density at radius 2 is 2.14 bits per heavy atom. The zero-order valence-electron chi connectivity index (χ0n) is 16.9. The van der Waals surface area contributed by atoms with Crippen molar-refractivity contribution in [3.8, 4) is 0 Å². The molecule has 2 aliphatic rings. The van der Waals surface area contributed by atoms with E-state index in [0.29, 0.717) is 23.8 Å². The third-order valence-electron chi connectivity index (χ3n) is 6.81. The Morgan fingerprint density at radius 1 is 1.31 bits per heavy atom. The molecule has 1 aliphatic carbocycles. The number of aromatic amines is 1. The molecule has 156 valence electrons. The van der Waals surface area contributed by atoms with Crippen molar-refractivity contribution in [2.24, 2.45) is 5.92 Å². The zero-order valence-corrected chi connectivity index (χ0v) is 17.6. The second-order valence-corrected chi connectivity index (χ2v) is 9.28. The summed E-state index contributed by atoms with van der Waals surface area (Å²) in [5, 5.41) is 10.9. The van der Waals surface area contributed by atoms with Crippen molar-refractivity contribution < 1.29 is 14.7 Å². The lowest BCUT2D eigenvalue weighted by atomic mass is 9.75. The van der Waals surface area contributed by atoms with Crippen LogP contribution in [0.15, 0.2) is 24.4 Å². The van der Waals surface area contributed by atoms with Crippen molar-refractivity contribution in [1.29, 1.82) is 0 Å². The van der Waals surface area contributed by atoms with E-state index in [1.54, 1.807) is 0 Å². The number of aromatic nitrogens is 1. The van der Waals surface area contributed by atoms with E-state index >= 15 is 0 Å². The van der Waals surface area contributed by atoms with Crippen molar-refractivity contribution in [2.75, 3.05) is 0 Å². The van der Waals surface area contributed by atoms with Gasteiger partial charge >= 0.3 is 5.97 Å². The summed E-state index contributed by atoms with van der Waals surface area (Å²) in [6, 6.07) is 6.11. The lowest BCUT2D eigenvalue weighted by molar-refractivity contribution is -0.144.